The lowest BCUT2D eigenvalue weighted by Crippen LogP contribution is -2.09. The van der Waals surface area contributed by atoms with Crippen molar-refractivity contribution in [2.24, 2.45) is 0 Å². The first kappa shape index (κ1) is 31.0. The molecule has 0 heterocycles. The van der Waals surface area contributed by atoms with Gasteiger partial charge < -0.3 is 13.9 Å². The second kappa shape index (κ2) is 15.0. The van der Waals surface area contributed by atoms with Gasteiger partial charge in [-0.05, 0) is 127 Å². The fourth-order valence-electron chi connectivity index (χ4n) is 3.19. The van der Waals surface area contributed by atoms with Gasteiger partial charge in [0.15, 0.2) is 0 Å². The largest absolute Gasteiger partial charge is 0.746 e. The maximum absolute atomic E-state index is 12.2. The van der Waals surface area contributed by atoms with Crippen molar-refractivity contribution in [3.8, 4) is 0 Å². The van der Waals surface area contributed by atoms with Crippen LogP contribution in [0.2, 0.25) is 0 Å². The summed E-state index contributed by atoms with van der Waals surface area (Å²) >= 11 is 4.17. The van der Waals surface area contributed by atoms with Crippen molar-refractivity contribution in [1.29, 1.82) is 0 Å². The van der Waals surface area contributed by atoms with Crippen molar-refractivity contribution in [2.45, 2.75) is 94.9 Å². The van der Waals surface area contributed by atoms with Gasteiger partial charge in [-0.3, -0.25) is 4.57 Å². The highest BCUT2D eigenvalue weighted by Crippen LogP contribution is 2.42. The smallest absolute Gasteiger partial charge is 0.319 e. The molecule has 0 N–H and O–H groups in total. The maximum Gasteiger partial charge on any atom is 0.319 e. The second-order valence-electron chi connectivity index (χ2n) is 8.41. The monoisotopic (exact) mass is 483 g/mol. The fourth-order valence-corrected chi connectivity index (χ4v) is 4.29. The molecule has 1 unspecified atom stereocenters. The average Bonchev–Trinajstić information content (AvgIpc) is 2.76. The molecular weight excluding hydrogens is 439 g/mol. The summed E-state index contributed by atoms with van der Waals surface area (Å²) in [5.74, 6) is 1.19. The summed E-state index contributed by atoms with van der Waals surface area (Å²) in [5.41, 5.74) is 9.11. The summed E-state index contributed by atoms with van der Waals surface area (Å²) in [6.45, 7) is 20.4. The Morgan fingerprint density at radius 1 is 0.750 bits per heavy atom. The molecule has 4 nitrogen and oxygen atoms in total. The molecule has 0 aliphatic carbocycles. The highest BCUT2D eigenvalue weighted by molar-refractivity contribution is 7.80. The summed E-state index contributed by atoms with van der Waals surface area (Å²) in [7, 11) is -4.39. The molecule has 184 valence electrons. The molecule has 0 aromatic rings. The van der Waals surface area contributed by atoms with Gasteiger partial charge in [0.1, 0.15) is 5.76 Å². The Bertz CT molecular complexity index is 844. The van der Waals surface area contributed by atoms with Crippen LogP contribution in [-0.4, -0.2) is 12.4 Å². The molecule has 0 rings (SSSR count). The van der Waals surface area contributed by atoms with Crippen molar-refractivity contribution in [1.82, 2.24) is 0 Å². The minimum atomic E-state index is -4.39. The van der Waals surface area contributed by atoms with Crippen molar-refractivity contribution in [3.05, 3.63) is 56.4 Å². The normalized spacial score (nSPS) is 17.7. The van der Waals surface area contributed by atoms with Gasteiger partial charge in [-0.25, -0.2) is 0 Å². The zero-order valence-corrected chi connectivity index (χ0v) is 23.6. The number of hydrogen-bond acceptors (Lipinski definition) is 5. The maximum atomic E-state index is 12.2. The third-order valence-corrected chi connectivity index (χ3v) is 7.79. The first-order valence-electron chi connectivity index (χ1n) is 11.4. The zero-order valence-electron chi connectivity index (χ0n) is 21.8. The van der Waals surface area contributed by atoms with E-state index in [4.69, 9.17) is 9.05 Å². The zero-order chi connectivity index (χ0) is 25.1. The van der Waals surface area contributed by atoms with Gasteiger partial charge in [0, 0.05) is 0 Å². The fraction of sp³-hybridized carbons (Fsp3) is 0.615. The summed E-state index contributed by atoms with van der Waals surface area (Å²) in [6.07, 6.45) is 5.77. The first-order valence-corrected chi connectivity index (χ1v) is 13.5. The highest BCUT2D eigenvalue weighted by Gasteiger charge is 2.15. The van der Waals surface area contributed by atoms with Crippen LogP contribution in [-0.2, 0) is 13.6 Å². The molecule has 32 heavy (non-hydrogen) atoms. The quantitative estimate of drug-likeness (QED) is 0.0942. The molecule has 0 spiro atoms. The molecule has 0 aliphatic heterocycles. The SMILES string of the molecule is C/C=C(C)/C(C)=C(C)\C(C)=C(C)/C(C)=C(C)/C(C)=C(\C)OP(=O)([O-])OCCCCCCS. The molecular formula is C26H44O4PS-. The number of rotatable bonds is 13. The Labute approximate surface area is 202 Å². The van der Waals surface area contributed by atoms with Crippen LogP contribution in [0.5, 0.6) is 0 Å². The van der Waals surface area contributed by atoms with Gasteiger partial charge in [0.25, 0.3) is 0 Å². The molecule has 6 heteroatoms. The Kier molecular flexibility index (Phi) is 14.5. The third-order valence-electron chi connectivity index (χ3n) is 6.48. The van der Waals surface area contributed by atoms with Gasteiger partial charge in [0.2, 0.25) is 0 Å². The van der Waals surface area contributed by atoms with Crippen LogP contribution in [0.15, 0.2) is 56.4 Å². The number of allylic oxidation sites excluding steroid dienone is 10. The van der Waals surface area contributed by atoms with E-state index in [0.717, 1.165) is 41.7 Å². The summed E-state index contributed by atoms with van der Waals surface area (Å²) in [4.78, 5) is 12.2. The summed E-state index contributed by atoms with van der Waals surface area (Å²) in [5, 5.41) is 0. The number of phosphoric ester groups is 1. The number of phosphoric acid groups is 1. The molecule has 0 bridgehead atoms. The molecule has 0 aromatic heterocycles. The van der Waals surface area contributed by atoms with Crippen molar-refractivity contribution in [2.75, 3.05) is 12.4 Å². The van der Waals surface area contributed by atoms with E-state index in [9.17, 15) is 9.46 Å². The van der Waals surface area contributed by atoms with E-state index in [1.165, 1.54) is 27.9 Å². The lowest BCUT2D eigenvalue weighted by Gasteiger charge is -2.25. The van der Waals surface area contributed by atoms with Crippen molar-refractivity contribution >= 4 is 20.5 Å². The van der Waals surface area contributed by atoms with Crippen LogP contribution in [0.4, 0.5) is 0 Å². The molecule has 0 saturated heterocycles. The van der Waals surface area contributed by atoms with Crippen LogP contribution in [0, 0.1) is 0 Å². The van der Waals surface area contributed by atoms with Gasteiger partial charge in [-0.1, -0.05) is 24.5 Å². The van der Waals surface area contributed by atoms with E-state index in [-0.39, 0.29) is 6.61 Å². The van der Waals surface area contributed by atoms with Crippen LogP contribution < -0.4 is 4.89 Å². The average molecular weight is 484 g/mol. The van der Waals surface area contributed by atoms with Gasteiger partial charge >= 0.3 is 7.82 Å². The van der Waals surface area contributed by atoms with E-state index in [0.29, 0.717) is 12.2 Å². The number of thiol groups is 1. The Morgan fingerprint density at radius 3 is 1.66 bits per heavy atom. The van der Waals surface area contributed by atoms with Gasteiger partial charge in [-0.15, -0.1) is 0 Å². The molecule has 0 aromatic carbocycles. The van der Waals surface area contributed by atoms with Crippen molar-refractivity contribution in [3.63, 3.8) is 0 Å². The molecule has 1 atom stereocenters. The van der Waals surface area contributed by atoms with Crippen LogP contribution in [0.1, 0.15) is 94.9 Å². The van der Waals surface area contributed by atoms with Gasteiger partial charge in [0.05, 0.1) is 6.61 Å². The number of unbranched alkanes of at least 4 members (excludes halogenated alkanes) is 3. The predicted molar refractivity (Wildman–Crippen MR) is 140 cm³/mol. The Balaban J connectivity index is 5.58. The molecule has 0 aliphatic rings. The predicted octanol–water partition coefficient (Wildman–Crippen LogP) is 8.25. The Hall–Kier alpha value is -1.000. The second-order valence-corrected chi connectivity index (χ2v) is 10.2. The molecule has 0 fully saturated rings. The van der Waals surface area contributed by atoms with Gasteiger partial charge in [-0.2, -0.15) is 12.6 Å². The van der Waals surface area contributed by atoms with E-state index < -0.39 is 7.82 Å². The minimum Gasteiger partial charge on any atom is -0.746 e. The minimum absolute atomic E-state index is 0.144. The molecule has 0 radical (unpaired) electrons. The Morgan fingerprint density at radius 2 is 1.19 bits per heavy atom. The van der Waals surface area contributed by atoms with E-state index in [2.05, 4.69) is 60.2 Å². The van der Waals surface area contributed by atoms with E-state index in [1.54, 1.807) is 6.92 Å². The van der Waals surface area contributed by atoms with Crippen LogP contribution >= 0.6 is 20.5 Å². The summed E-state index contributed by atoms with van der Waals surface area (Å²) in [6, 6.07) is 0. The number of hydrogen-bond donors (Lipinski definition) is 1. The van der Waals surface area contributed by atoms with E-state index >= 15 is 0 Å². The molecule has 0 amide bonds. The lowest BCUT2D eigenvalue weighted by molar-refractivity contribution is -0.221. The molecule has 0 saturated carbocycles. The lowest BCUT2D eigenvalue weighted by atomic mass is 9.90. The first-order chi connectivity index (χ1) is 14.8. The standard InChI is InChI=1S/C26H45O4PS/c1-11-18(2)19(3)20(4)21(5)22(6)23(7)24(8)25(9)26(10)30-31(27,28)29-16-14-12-13-15-17-32/h11,32H,12-17H2,1-10H3,(H,27,28)/p-1/b18-11+,20-19-,22-21-,24-23+,26-25+. The highest BCUT2D eigenvalue weighted by atomic mass is 32.1. The van der Waals surface area contributed by atoms with Crippen molar-refractivity contribution < 1.29 is 18.5 Å². The van der Waals surface area contributed by atoms with Crippen LogP contribution in [0.3, 0.4) is 0 Å². The summed E-state index contributed by atoms with van der Waals surface area (Å²) < 4.78 is 22.5. The topological polar surface area (TPSA) is 58.6 Å². The van der Waals surface area contributed by atoms with E-state index in [1.807, 2.05) is 20.8 Å². The third kappa shape index (κ3) is 10.3. The van der Waals surface area contributed by atoms with Crippen LogP contribution in [0.25, 0.3) is 0 Å².